The number of amides is 1. The van der Waals surface area contributed by atoms with E-state index in [4.69, 9.17) is 0 Å². The van der Waals surface area contributed by atoms with E-state index >= 15 is 0 Å². The second-order valence-corrected chi connectivity index (χ2v) is 7.88. The summed E-state index contributed by atoms with van der Waals surface area (Å²) in [5, 5.41) is 7.35. The SMILES string of the molecule is CO/N=C/c1ccc(-c2ccccc2CN(C(=O)c2cn(C)nc2C(F)F)C2CC2)cc1F. The summed E-state index contributed by atoms with van der Waals surface area (Å²) in [4.78, 5) is 19.5. The summed E-state index contributed by atoms with van der Waals surface area (Å²) in [6.45, 7) is 0.214. The fourth-order valence-corrected chi connectivity index (χ4v) is 3.77. The predicted octanol–water partition coefficient (Wildman–Crippen LogP) is 4.95. The van der Waals surface area contributed by atoms with E-state index in [9.17, 15) is 18.0 Å². The Bertz CT molecular complexity index is 1190. The van der Waals surface area contributed by atoms with Crippen molar-refractivity contribution >= 4 is 12.1 Å². The number of hydrogen-bond donors (Lipinski definition) is 0. The van der Waals surface area contributed by atoms with Crippen molar-refractivity contribution in [1.29, 1.82) is 0 Å². The van der Waals surface area contributed by atoms with Crippen LogP contribution in [0.3, 0.4) is 0 Å². The molecule has 0 spiro atoms. The minimum absolute atomic E-state index is 0.0272. The van der Waals surface area contributed by atoms with Crippen molar-refractivity contribution in [2.45, 2.75) is 31.9 Å². The van der Waals surface area contributed by atoms with Crippen molar-refractivity contribution in [1.82, 2.24) is 14.7 Å². The zero-order valence-corrected chi connectivity index (χ0v) is 18.2. The number of carbonyl (C=O) groups excluding carboxylic acids is 1. The van der Waals surface area contributed by atoms with Crippen LogP contribution in [-0.2, 0) is 18.4 Å². The molecular formula is C24H23F3N4O2. The lowest BCUT2D eigenvalue weighted by Crippen LogP contribution is -2.33. The van der Waals surface area contributed by atoms with Gasteiger partial charge in [0.2, 0.25) is 0 Å². The zero-order valence-electron chi connectivity index (χ0n) is 18.2. The molecule has 3 aromatic rings. The summed E-state index contributed by atoms with van der Waals surface area (Å²) < 4.78 is 42.7. The van der Waals surface area contributed by atoms with Gasteiger partial charge in [0.1, 0.15) is 18.6 Å². The first kappa shape index (κ1) is 22.6. The molecule has 0 saturated heterocycles. The van der Waals surface area contributed by atoms with Crippen molar-refractivity contribution in [3.05, 3.63) is 76.9 Å². The van der Waals surface area contributed by atoms with Crippen LogP contribution < -0.4 is 0 Å². The van der Waals surface area contributed by atoms with Crippen molar-refractivity contribution in [3.63, 3.8) is 0 Å². The molecule has 2 aromatic carbocycles. The Balaban J connectivity index is 1.66. The second kappa shape index (κ2) is 9.48. The van der Waals surface area contributed by atoms with Crippen LogP contribution in [0.1, 0.15) is 46.4 Å². The summed E-state index contributed by atoms with van der Waals surface area (Å²) in [5.41, 5.74) is 1.85. The first-order chi connectivity index (χ1) is 15.9. The van der Waals surface area contributed by atoms with E-state index in [0.29, 0.717) is 5.56 Å². The molecule has 6 nitrogen and oxygen atoms in total. The minimum atomic E-state index is -2.85. The highest BCUT2D eigenvalue weighted by molar-refractivity contribution is 5.95. The normalized spacial score (nSPS) is 13.6. The third-order valence-corrected chi connectivity index (χ3v) is 5.51. The van der Waals surface area contributed by atoms with Crippen molar-refractivity contribution in [2.75, 3.05) is 7.11 Å². The summed E-state index contributed by atoms with van der Waals surface area (Å²) in [6, 6.07) is 12.1. The fourth-order valence-electron chi connectivity index (χ4n) is 3.77. The van der Waals surface area contributed by atoms with Crippen LogP contribution in [0.25, 0.3) is 11.1 Å². The minimum Gasteiger partial charge on any atom is -0.399 e. The summed E-state index contributed by atoms with van der Waals surface area (Å²) in [7, 11) is 2.89. The van der Waals surface area contributed by atoms with Crippen LogP contribution in [0.2, 0.25) is 0 Å². The highest BCUT2D eigenvalue weighted by atomic mass is 19.3. The molecule has 1 saturated carbocycles. The Morgan fingerprint density at radius 2 is 2.06 bits per heavy atom. The Morgan fingerprint density at radius 1 is 1.30 bits per heavy atom. The van der Waals surface area contributed by atoms with E-state index in [-0.39, 0.29) is 23.7 Å². The van der Waals surface area contributed by atoms with E-state index in [1.807, 2.05) is 24.3 Å². The molecule has 172 valence electrons. The molecule has 0 atom stereocenters. The van der Waals surface area contributed by atoms with Crippen molar-refractivity contribution in [2.24, 2.45) is 12.2 Å². The number of carbonyl (C=O) groups is 1. The maximum atomic E-state index is 14.6. The van der Waals surface area contributed by atoms with Gasteiger partial charge in [-0.2, -0.15) is 5.10 Å². The van der Waals surface area contributed by atoms with Crippen LogP contribution in [0.15, 0.2) is 53.8 Å². The van der Waals surface area contributed by atoms with Gasteiger partial charge in [0.15, 0.2) is 0 Å². The quantitative estimate of drug-likeness (QED) is 0.356. The number of alkyl halides is 2. The molecule has 0 aliphatic heterocycles. The van der Waals surface area contributed by atoms with Crippen LogP contribution in [0.5, 0.6) is 0 Å². The van der Waals surface area contributed by atoms with Gasteiger partial charge in [-0.3, -0.25) is 9.48 Å². The zero-order chi connectivity index (χ0) is 23.5. The largest absolute Gasteiger partial charge is 0.399 e. The Labute approximate surface area is 189 Å². The number of oxime groups is 1. The molecule has 33 heavy (non-hydrogen) atoms. The number of halogens is 3. The monoisotopic (exact) mass is 456 g/mol. The molecular weight excluding hydrogens is 433 g/mol. The Morgan fingerprint density at radius 3 is 2.73 bits per heavy atom. The van der Waals surface area contributed by atoms with Crippen LogP contribution in [0.4, 0.5) is 13.2 Å². The summed E-state index contributed by atoms with van der Waals surface area (Å²) in [5.74, 6) is -0.942. The predicted molar refractivity (Wildman–Crippen MR) is 117 cm³/mol. The van der Waals surface area contributed by atoms with Crippen LogP contribution in [-0.4, -0.2) is 40.0 Å². The molecule has 0 N–H and O–H groups in total. The number of benzene rings is 2. The van der Waals surface area contributed by atoms with E-state index in [2.05, 4.69) is 15.1 Å². The van der Waals surface area contributed by atoms with Gasteiger partial charge in [0, 0.05) is 31.4 Å². The molecule has 0 radical (unpaired) electrons. The molecule has 1 fully saturated rings. The van der Waals surface area contributed by atoms with Gasteiger partial charge in [-0.15, -0.1) is 0 Å². The fraction of sp³-hybridized carbons (Fsp3) is 0.292. The van der Waals surface area contributed by atoms with E-state index in [1.54, 1.807) is 17.0 Å². The summed E-state index contributed by atoms with van der Waals surface area (Å²) >= 11 is 0. The van der Waals surface area contributed by atoms with Gasteiger partial charge in [-0.25, -0.2) is 13.2 Å². The Kier molecular flexibility index (Phi) is 6.48. The highest BCUT2D eigenvalue weighted by Crippen LogP contribution is 2.34. The standard InChI is InChI=1S/C24H23F3N4O2/c1-30-14-20(22(29-30)23(26)27)24(32)31(18-9-10-18)13-17-5-3-4-6-19(17)15-7-8-16(12-28-33-2)21(25)11-15/h3-8,11-12,14,18,23H,9-10,13H2,1-2H3/b28-12+. The lowest BCUT2D eigenvalue weighted by Gasteiger charge is -2.24. The number of aromatic nitrogens is 2. The molecule has 0 bridgehead atoms. The highest BCUT2D eigenvalue weighted by Gasteiger charge is 2.36. The number of hydrogen-bond acceptors (Lipinski definition) is 4. The maximum absolute atomic E-state index is 14.6. The topological polar surface area (TPSA) is 59.7 Å². The van der Waals surface area contributed by atoms with Crippen LogP contribution in [0, 0.1) is 5.82 Å². The van der Waals surface area contributed by atoms with Gasteiger partial charge in [0.25, 0.3) is 12.3 Å². The van der Waals surface area contributed by atoms with E-state index < -0.39 is 23.8 Å². The van der Waals surface area contributed by atoms with E-state index in [1.165, 1.54) is 37.3 Å². The average molecular weight is 456 g/mol. The van der Waals surface area contributed by atoms with Gasteiger partial charge in [0.05, 0.1) is 11.8 Å². The molecule has 0 unspecified atom stereocenters. The first-order valence-corrected chi connectivity index (χ1v) is 10.5. The van der Waals surface area contributed by atoms with Gasteiger partial charge >= 0.3 is 0 Å². The van der Waals surface area contributed by atoms with E-state index in [0.717, 1.165) is 24.0 Å². The summed E-state index contributed by atoms with van der Waals surface area (Å²) in [6.07, 6.45) is 1.38. The second-order valence-electron chi connectivity index (χ2n) is 7.88. The molecule has 1 aromatic heterocycles. The van der Waals surface area contributed by atoms with Crippen LogP contribution >= 0.6 is 0 Å². The average Bonchev–Trinajstić information content (AvgIpc) is 3.56. The molecule has 9 heteroatoms. The number of rotatable bonds is 8. The van der Waals surface area contributed by atoms with Crippen molar-refractivity contribution < 1.29 is 22.8 Å². The first-order valence-electron chi connectivity index (χ1n) is 10.5. The molecule has 1 aliphatic carbocycles. The molecule has 4 rings (SSSR count). The van der Waals surface area contributed by atoms with Gasteiger partial charge in [-0.1, -0.05) is 35.5 Å². The Hall–Kier alpha value is -3.62. The third-order valence-electron chi connectivity index (χ3n) is 5.51. The molecule has 1 heterocycles. The smallest absolute Gasteiger partial charge is 0.282 e. The maximum Gasteiger partial charge on any atom is 0.282 e. The number of nitrogens with zero attached hydrogens (tertiary/aromatic N) is 4. The van der Waals surface area contributed by atoms with Crippen molar-refractivity contribution in [3.8, 4) is 11.1 Å². The lowest BCUT2D eigenvalue weighted by atomic mass is 9.98. The number of aryl methyl sites for hydroxylation is 1. The molecule has 1 aliphatic rings. The van der Waals surface area contributed by atoms with Gasteiger partial charge < -0.3 is 9.74 Å². The lowest BCUT2D eigenvalue weighted by molar-refractivity contribution is 0.0718. The van der Waals surface area contributed by atoms with Gasteiger partial charge in [-0.05, 0) is 41.7 Å². The third kappa shape index (κ3) is 4.92. The molecule has 1 amide bonds.